The largest absolute Gasteiger partial charge is 0.371 e. The van der Waals surface area contributed by atoms with Gasteiger partial charge in [-0.05, 0) is 29.8 Å². The number of carbonyl (C=O) groups excluding carboxylic acids is 1. The van der Waals surface area contributed by atoms with E-state index in [2.05, 4.69) is 44.6 Å². The molecule has 5 rings (SSSR count). The Bertz CT molecular complexity index is 1330. The summed E-state index contributed by atoms with van der Waals surface area (Å²) in [5.74, 6) is 0.204. The van der Waals surface area contributed by atoms with Crippen LogP contribution in [0.2, 0.25) is 0 Å². The van der Waals surface area contributed by atoms with Gasteiger partial charge in [-0.3, -0.25) is 9.78 Å². The van der Waals surface area contributed by atoms with Crippen LogP contribution in [0, 0.1) is 0 Å². The van der Waals surface area contributed by atoms with Crippen molar-refractivity contribution in [3.63, 3.8) is 0 Å². The van der Waals surface area contributed by atoms with Crippen molar-refractivity contribution in [3.05, 3.63) is 85.3 Å². The first-order valence-electron chi connectivity index (χ1n) is 11.0. The summed E-state index contributed by atoms with van der Waals surface area (Å²) in [6, 6.07) is 15.9. The fourth-order valence-electron chi connectivity index (χ4n) is 3.89. The van der Waals surface area contributed by atoms with Crippen LogP contribution in [0.4, 0.5) is 17.3 Å². The van der Waals surface area contributed by atoms with E-state index in [0.29, 0.717) is 11.6 Å². The van der Waals surface area contributed by atoms with Crippen molar-refractivity contribution >= 4 is 34.1 Å². The normalized spacial score (nSPS) is 15.6. The van der Waals surface area contributed by atoms with Gasteiger partial charge in [-0.2, -0.15) is 0 Å². The van der Waals surface area contributed by atoms with Crippen LogP contribution in [0.25, 0.3) is 22.0 Å². The lowest BCUT2D eigenvalue weighted by atomic mass is 10.0. The van der Waals surface area contributed by atoms with Crippen LogP contribution in [0.1, 0.15) is 11.7 Å². The van der Waals surface area contributed by atoms with Crippen LogP contribution < -0.4 is 16.0 Å². The van der Waals surface area contributed by atoms with Gasteiger partial charge in [-0.15, -0.1) is 0 Å². The van der Waals surface area contributed by atoms with Crippen LogP contribution >= 0.6 is 0 Å². The number of nitrogens with one attached hydrogen (secondary N) is 3. The smallest absolute Gasteiger partial charge is 0.247 e. The number of ether oxygens (including phenoxy) is 1. The molecule has 1 amide bonds. The van der Waals surface area contributed by atoms with Gasteiger partial charge in [-0.25, -0.2) is 9.97 Å². The van der Waals surface area contributed by atoms with Crippen molar-refractivity contribution in [2.24, 2.45) is 0 Å². The molecule has 0 bridgehead atoms. The van der Waals surface area contributed by atoms with E-state index >= 15 is 0 Å². The Morgan fingerprint density at radius 2 is 2.00 bits per heavy atom. The zero-order valence-corrected chi connectivity index (χ0v) is 18.5. The third kappa shape index (κ3) is 4.78. The minimum atomic E-state index is -0.289. The summed E-state index contributed by atoms with van der Waals surface area (Å²) in [5, 5.41) is 10.3. The SMILES string of the molecule is C=CC(=O)Nc1cncc(-c2cccc3cnc(Nc4ccc(C5CNCCO5)cc4)nc23)c1. The quantitative estimate of drug-likeness (QED) is 0.377. The fraction of sp³-hybridized carbons (Fsp3) is 0.154. The predicted octanol–water partition coefficient (Wildman–Crippen LogP) is 4.22. The Labute approximate surface area is 197 Å². The van der Waals surface area contributed by atoms with E-state index in [1.807, 2.05) is 36.4 Å². The Morgan fingerprint density at radius 3 is 2.79 bits per heavy atom. The second-order valence-electron chi connectivity index (χ2n) is 7.90. The molecule has 8 heteroatoms. The highest BCUT2D eigenvalue weighted by Crippen LogP contribution is 2.29. The van der Waals surface area contributed by atoms with E-state index in [1.54, 1.807) is 18.6 Å². The van der Waals surface area contributed by atoms with Crippen LogP contribution in [0.3, 0.4) is 0 Å². The zero-order chi connectivity index (χ0) is 23.3. The molecular formula is C26H24N6O2. The number of carbonyl (C=O) groups is 1. The molecule has 1 atom stereocenters. The van der Waals surface area contributed by atoms with Crippen molar-refractivity contribution in [1.82, 2.24) is 20.3 Å². The highest BCUT2D eigenvalue weighted by Gasteiger charge is 2.15. The van der Waals surface area contributed by atoms with E-state index < -0.39 is 0 Å². The summed E-state index contributed by atoms with van der Waals surface area (Å²) in [6.45, 7) is 5.91. The van der Waals surface area contributed by atoms with Crippen molar-refractivity contribution in [3.8, 4) is 11.1 Å². The lowest BCUT2D eigenvalue weighted by Gasteiger charge is -2.24. The molecule has 1 aliphatic heterocycles. The van der Waals surface area contributed by atoms with Crippen molar-refractivity contribution in [2.75, 3.05) is 30.3 Å². The first-order valence-corrected chi connectivity index (χ1v) is 11.0. The van der Waals surface area contributed by atoms with Gasteiger partial charge < -0.3 is 20.7 Å². The van der Waals surface area contributed by atoms with Gasteiger partial charge in [-0.1, -0.05) is 36.9 Å². The third-order valence-corrected chi connectivity index (χ3v) is 5.58. The van der Waals surface area contributed by atoms with E-state index in [9.17, 15) is 4.79 Å². The Balaban J connectivity index is 1.41. The minimum Gasteiger partial charge on any atom is -0.371 e. The van der Waals surface area contributed by atoms with Crippen LogP contribution in [-0.2, 0) is 9.53 Å². The van der Waals surface area contributed by atoms with Gasteiger partial charge in [0.05, 0.1) is 30.1 Å². The van der Waals surface area contributed by atoms with Gasteiger partial charge in [0.15, 0.2) is 0 Å². The molecule has 3 N–H and O–H groups in total. The summed E-state index contributed by atoms with van der Waals surface area (Å²) in [6.07, 6.45) is 6.43. The van der Waals surface area contributed by atoms with Crippen LogP contribution in [0.15, 0.2) is 79.8 Å². The zero-order valence-electron chi connectivity index (χ0n) is 18.5. The van der Waals surface area contributed by atoms with Gasteiger partial charge in [0.2, 0.25) is 11.9 Å². The molecule has 34 heavy (non-hydrogen) atoms. The monoisotopic (exact) mass is 452 g/mol. The highest BCUT2D eigenvalue weighted by atomic mass is 16.5. The maximum Gasteiger partial charge on any atom is 0.247 e. The van der Waals surface area contributed by atoms with Gasteiger partial charge in [0, 0.05) is 47.7 Å². The van der Waals surface area contributed by atoms with Crippen molar-refractivity contribution in [2.45, 2.75) is 6.10 Å². The number of benzene rings is 2. The highest BCUT2D eigenvalue weighted by molar-refractivity contribution is 6.00. The molecule has 0 radical (unpaired) electrons. The molecule has 170 valence electrons. The van der Waals surface area contributed by atoms with E-state index in [-0.39, 0.29) is 12.0 Å². The second-order valence-corrected chi connectivity index (χ2v) is 7.90. The standard InChI is InChI=1S/C26H24N6O2/c1-2-24(33)30-21-12-19(13-28-15-21)22-5-3-4-18-14-29-26(32-25(18)22)31-20-8-6-17(7-9-20)23-16-27-10-11-34-23/h2-9,12-15,23,27H,1,10-11,16H2,(H,30,33)(H,29,31,32). The molecule has 2 aromatic heterocycles. The van der Waals surface area contributed by atoms with Gasteiger partial charge >= 0.3 is 0 Å². The molecule has 2 aromatic carbocycles. The number of hydrogen-bond acceptors (Lipinski definition) is 7. The summed E-state index contributed by atoms with van der Waals surface area (Å²) in [7, 11) is 0. The lowest BCUT2D eigenvalue weighted by Crippen LogP contribution is -2.33. The number of morpholine rings is 1. The fourth-order valence-corrected chi connectivity index (χ4v) is 3.89. The number of amides is 1. The molecule has 4 aromatic rings. The number of rotatable bonds is 6. The van der Waals surface area contributed by atoms with Gasteiger partial charge in [0.1, 0.15) is 0 Å². The maximum atomic E-state index is 11.7. The molecule has 0 spiro atoms. The molecule has 1 saturated heterocycles. The number of anilines is 3. The molecular weight excluding hydrogens is 428 g/mol. The topological polar surface area (TPSA) is 101 Å². The Hall–Kier alpha value is -4.14. The number of pyridine rings is 1. The maximum absolute atomic E-state index is 11.7. The number of hydrogen-bond donors (Lipinski definition) is 3. The number of fused-ring (bicyclic) bond motifs is 1. The summed E-state index contributed by atoms with van der Waals surface area (Å²) in [5.41, 5.74) is 5.12. The molecule has 8 nitrogen and oxygen atoms in total. The molecule has 1 aliphatic rings. The van der Waals surface area contributed by atoms with E-state index in [4.69, 9.17) is 9.72 Å². The Kier molecular flexibility index (Phi) is 6.24. The number of para-hydroxylation sites is 1. The van der Waals surface area contributed by atoms with E-state index in [0.717, 1.165) is 53.0 Å². The number of nitrogens with zero attached hydrogens (tertiary/aromatic N) is 3. The molecule has 0 saturated carbocycles. The molecule has 1 fully saturated rings. The van der Waals surface area contributed by atoms with Crippen LogP contribution in [0.5, 0.6) is 0 Å². The average molecular weight is 453 g/mol. The van der Waals surface area contributed by atoms with E-state index in [1.165, 1.54) is 6.08 Å². The molecule has 1 unspecified atom stereocenters. The average Bonchev–Trinajstić information content (AvgIpc) is 2.89. The summed E-state index contributed by atoms with van der Waals surface area (Å²) in [4.78, 5) is 25.2. The number of aromatic nitrogens is 3. The Morgan fingerprint density at radius 1 is 1.12 bits per heavy atom. The van der Waals surface area contributed by atoms with Crippen molar-refractivity contribution in [1.29, 1.82) is 0 Å². The summed E-state index contributed by atoms with van der Waals surface area (Å²) < 4.78 is 5.82. The first kappa shape index (κ1) is 21.7. The lowest BCUT2D eigenvalue weighted by molar-refractivity contribution is -0.111. The van der Waals surface area contributed by atoms with Crippen molar-refractivity contribution < 1.29 is 9.53 Å². The van der Waals surface area contributed by atoms with Gasteiger partial charge in [0.25, 0.3) is 0 Å². The molecule has 0 aliphatic carbocycles. The second kappa shape index (κ2) is 9.78. The third-order valence-electron chi connectivity index (χ3n) is 5.58. The minimum absolute atomic E-state index is 0.0721. The predicted molar refractivity (Wildman–Crippen MR) is 133 cm³/mol. The summed E-state index contributed by atoms with van der Waals surface area (Å²) >= 11 is 0. The molecule has 3 heterocycles. The van der Waals surface area contributed by atoms with Crippen LogP contribution in [-0.4, -0.2) is 40.6 Å². The first-order chi connectivity index (χ1) is 16.7.